The molecule has 0 aliphatic rings. The normalized spacial score (nSPS) is 10.1. The van der Waals surface area contributed by atoms with Crippen molar-refractivity contribution in [1.82, 2.24) is 0 Å². The third-order valence-electron chi connectivity index (χ3n) is 3.27. The van der Waals surface area contributed by atoms with Gasteiger partial charge in [0.05, 0.1) is 5.75 Å². The smallest absolute Gasteiger partial charge is 0.316 e. The van der Waals surface area contributed by atoms with Gasteiger partial charge in [-0.25, -0.2) is 0 Å². The van der Waals surface area contributed by atoms with Gasteiger partial charge in [-0.15, -0.1) is 11.8 Å². The van der Waals surface area contributed by atoms with Gasteiger partial charge in [0.15, 0.2) is 6.61 Å². The van der Waals surface area contributed by atoms with Crippen LogP contribution in [-0.4, -0.2) is 30.1 Å². The number of amides is 2. The molecule has 2 rings (SSSR count). The number of carbonyl (C=O) groups is 3. The van der Waals surface area contributed by atoms with E-state index in [1.54, 1.807) is 24.3 Å². The number of ether oxygens (including phenoxy) is 1. The van der Waals surface area contributed by atoms with Crippen molar-refractivity contribution >= 4 is 40.9 Å². The Morgan fingerprint density at radius 2 is 1.69 bits per heavy atom. The number of carbonyl (C=O) groups excluding carboxylic acids is 3. The van der Waals surface area contributed by atoms with Crippen LogP contribution in [0.25, 0.3) is 0 Å². The maximum absolute atomic E-state index is 11.9. The van der Waals surface area contributed by atoms with Gasteiger partial charge in [0.1, 0.15) is 0 Å². The lowest BCUT2D eigenvalue weighted by Gasteiger charge is -2.09. The molecule has 0 heterocycles. The van der Waals surface area contributed by atoms with Crippen molar-refractivity contribution in [2.75, 3.05) is 23.0 Å². The molecule has 0 aromatic heterocycles. The molecule has 2 N–H and O–H groups in total. The molecule has 0 unspecified atom stereocenters. The highest BCUT2D eigenvalue weighted by Crippen LogP contribution is 2.21. The molecule has 0 aliphatic carbocycles. The highest BCUT2D eigenvalue weighted by Gasteiger charge is 2.10. The van der Waals surface area contributed by atoms with Gasteiger partial charge < -0.3 is 15.4 Å². The highest BCUT2D eigenvalue weighted by atomic mass is 32.2. The van der Waals surface area contributed by atoms with Gasteiger partial charge in [-0.3, -0.25) is 14.4 Å². The molecule has 0 atom stereocenters. The van der Waals surface area contributed by atoms with E-state index < -0.39 is 11.9 Å². The second-order valence-corrected chi connectivity index (χ2v) is 6.54. The molecule has 0 saturated heterocycles. The van der Waals surface area contributed by atoms with Crippen molar-refractivity contribution < 1.29 is 19.1 Å². The fraction of sp³-hybridized carbons (Fsp3) is 0.211. The summed E-state index contributed by atoms with van der Waals surface area (Å²) in [5.74, 6) is -0.968. The van der Waals surface area contributed by atoms with Crippen LogP contribution >= 0.6 is 11.8 Å². The van der Waals surface area contributed by atoms with E-state index in [1.165, 1.54) is 18.7 Å². The van der Waals surface area contributed by atoms with E-state index in [1.807, 2.05) is 31.2 Å². The summed E-state index contributed by atoms with van der Waals surface area (Å²) in [4.78, 5) is 35.7. The van der Waals surface area contributed by atoms with Crippen molar-refractivity contribution in [1.29, 1.82) is 0 Å². The van der Waals surface area contributed by atoms with Gasteiger partial charge in [0, 0.05) is 23.2 Å². The maximum Gasteiger partial charge on any atom is 0.316 e. The minimum absolute atomic E-state index is 0.135. The summed E-state index contributed by atoms with van der Waals surface area (Å²) in [7, 11) is 0. The molecule has 2 aromatic carbocycles. The third kappa shape index (κ3) is 6.60. The minimum Gasteiger partial charge on any atom is -0.455 e. The lowest BCUT2D eigenvalue weighted by Crippen LogP contribution is -2.21. The molecule has 136 valence electrons. The number of hydrogen-bond acceptors (Lipinski definition) is 5. The van der Waals surface area contributed by atoms with Crippen LogP contribution in [0.5, 0.6) is 0 Å². The van der Waals surface area contributed by atoms with E-state index in [0.29, 0.717) is 11.4 Å². The maximum atomic E-state index is 11.9. The number of aryl methyl sites for hydroxylation is 1. The molecule has 0 saturated carbocycles. The number of rotatable bonds is 7. The Morgan fingerprint density at radius 1 is 1.00 bits per heavy atom. The zero-order valence-corrected chi connectivity index (χ0v) is 15.4. The quantitative estimate of drug-likeness (QED) is 0.576. The van der Waals surface area contributed by atoms with E-state index in [0.717, 1.165) is 10.5 Å². The van der Waals surface area contributed by atoms with Crippen molar-refractivity contribution in [3.05, 3.63) is 54.1 Å². The summed E-state index contributed by atoms with van der Waals surface area (Å²) in [6.07, 6.45) is 0. The second-order valence-electron chi connectivity index (χ2n) is 5.53. The number of benzene rings is 2. The standard InChI is InChI=1S/C19H20N2O4S/c1-13-6-3-4-9-17(13)26-12-19(24)25-11-18(23)21-16-8-5-7-15(10-16)20-14(2)22/h3-10H,11-12H2,1-2H3,(H,20,22)(H,21,23). The number of anilines is 2. The van der Waals surface area contributed by atoms with Gasteiger partial charge >= 0.3 is 5.97 Å². The van der Waals surface area contributed by atoms with Gasteiger partial charge in [0.25, 0.3) is 5.91 Å². The van der Waals surface area contributed by atoms with Gasteiger partial charge in [-0.1, -0.05) is 24.3 Å². The minimum atomic E-state index is -0.458. The molecule has 2 aromatic rings. The Kier molecular flexibility index (Phi) is 7.23. The van der Waals surface area contributed by atoms with Crippen LogP contribution in [0.2, 0.25) is 0 Å². The topological polar surface area (TPSA) is 84.5 Å². The molecule has 7 heteroatoms. The molecular formula is C19H20N2O4S. The highest BCUT2D eigenvalue weighted by molar-refractivity contribution is 8.00. The van der Waals surface area contributed by atoms with Gasteiger partial charge in [0.2, 0.25) is 5.91 Å². The summed E-state index contributed by atoms with van der Waals surface area (Å²) < 4.78 is 4.99. The number of nitrogens with one attached hydrogen (secondary N) is 2. The van der Waals surface area contributed by atoms with Crippen molar-refractivity contribution in [2.45, 2.75) is 18.7 Å². The van der Waals surface area contributed by atoms with Crippen LogP contribution in [0, 0.1) is 6.92 Å². The lowest BCUT2D eigenvalue weighted by atomic mass is 10.2. The zero-order valence-electron chi connectivity index (χ0n) is 14.6. The summed E-state index contributed by atoms with van der Waals surface area (Å²) >= 11 is 1.37. The molecule has 0 spiro atoms. The van der Waals surface area contributed by atoms with Crippen LogP contribution < -0.4 is 10.6 Å². The molecule has 2 amide bonds. The number of hydrogen-bond donors (Lipinski definition) is 2. The van der Waals surface area contributed by atoms with E-state index in [-0.39, 0.29) is 18.3 Å². The van der Waals surface area contributed by atoms with Gasteiger partial charge in [-0.2, -0.15) is 0 Å². The Hall–Kier alpha value is -2.80. The Balaban J connectivity index is 1.77. The average molecular weight is 372 g/mol. The van der Waals surface area contributed by atoms with E-state index in [4.69, 9.17) is 4.74 Å². The molecule has 6 nitrogen and oxygen atoms in total. The summed E-state index contributed by atoms with van der Waals surface area (Å²) in [5, 5.41) is 5.25. The first kappa shape index (κ1) is 19.5. The second kappa shape index (κ2) is 9.62. The van der Waals surface area contributed by atoms with Crippen LogP contribution in [0.3, 0.4) is 0 Å². The van der Waals surface area contributed by atoms with Crippen molar-refractivity contribution in [3.63, 3.8) is 0 Å². The van der Waals surface area contributed by atoms with Crippen LogP contribution in [0.15, 0.2) is 53.4 Å². The molecule has 26 heavy (non-hydrogen) atoms. The zero-order chi connectivity index (χ0) is 18.9. The van der Waals surface area contributed by atoms with Crippen LogP contribution in [0.1, 0.15) is 12.5 Å². The predicted octanol–water partition coefficient (Wildman–Crippen LogP) is 3.23. The SMILES string of the molecule is CC(=O)Nc1cccc(NC(=O)COC(=O)CSc2ccccc2C)c1. The Labute approximate surface area is 156 Å². The van der Waals surface area contributed by atoms with E-state index in [9.17, 15) is 14.4 Å². The van der Waals surface area contributed by atoms with E-state index >= 15 is 0 Å². The third-order valence-corrected chi connectivity index (χ3v) is 4.42. The fourth-order valence-electron chi connectivity index (χ4n) is 2.12. The molecule has 0 bridgehead atoms. The van der Waals surface area contributed by atoms with Crippen LogP contribution in [-0.2, 0) is 19.1 Å². The summed E-state index contributed by atoms with van der Waals surface area (Å²) in [6, 6.07) is 14.4. The first-order valence-electron chi connectivity index (χ1n) is 7.95. The fourth-order valence-corrected chi connectivity index (χ4v) is 2.94. The van der Waals surface area contributed by atoms with Crippen molar-refractivity contribution in [2.24, 2.45) is 0 Å². The predicted molar refractivity (Wildman–Crippen MR) is 102 cm³/mol. The van der Waals surface area contributed by atoms with Gasteiger partial charge in [-0.05, 0) is 36.8 Å². The summed E-state index contributed by atoms with van der Waals surface area (Å²) in [6.45, 7) is 3.01. The number of esters is 1. The Morgan fingerprint density at radius 3 is 2.38 bits per heavy atom. The van der Waals surface area contributed by atoms with E-state index in [2.05, 4.69) is 10.6 Å². The average Bonchev–Trinajstić information content (AvgIpc) is 2.59. The van der Waals surface area contributed by atoms with Crippen LogP contribution in [0.4, 0.5) is 11.4 Å². The largest absolute Gasteiger partial charge is 0.455 e. The Bertz CT molecular complexity index is 808. The summed E-state index contributed by atoms with van der Waals surface area (Å²) in [5.41, 5.74) is 2.16. The molecule has 0 radical (unpaired) electrons. The number of thioether (sulfide) groups is 1. The monoisotopic (exact) mass is 372 g/mol. The molecular weight excluding hydrogens is 352 g/mol. The molecule has 0 aliphatic heterocycles. The lowest BCUT2D eigenvalue weighted by molar-refractivity contribution is -0.144. The first-order valence-corrected chi connectivity index (χ1v) is 8.94. The molecule has 0 fully saturated rings. The first-order chi connectivity index (χ1) is 12.4. The van der Waals surface area contributed by atoms with Crippen molar-refractivity contribution in [3.8, 4) is 0 Å².